The first-order valence-corrected chi connectivity index (χ1v) is 4.27. The van der Waals surface area contributed by atoms with Gasteiger partial charge >= 0.3 is 0 Å². The number of furan rings is 1. The normalized spacial score (nSPS) is 12.0. The molecule has 0 unspecified atom stereocenters. The maximum atomic E-state index is 5.36. The van der Waals surface area contributed by atoms with Crippen LogP contribution >= 0.6 is 0 Å². The average molecular weight is 167 g/mol. The topological polar surface area (TPSA) is 25.2 Å². The second kappa shape index (κ2) is 3.31. The van der Waals surface area contributed by atoms with Gasteiger partial charge in [0, 0.05) is 12.0 Å². The summed E-state index contributed by atoms with van der Waals surface area (Å²) >= 11 is 0. The molecular weight excluding hydrogens is 150 g/mol. The third kappa shape index (κ3) is 2.11. The number of nitrogens with one attached hydrogen (secondary N) is 1. The Morgan fingerprint density at radius 3 is 2.58 bits per heavy atom. The molecular formula is C10H17NO. The highest BCUT2D eigenvalue weighted by atomic mass is 16.3. The van der Waals surface area contributed by atoms with Crippen LogP contribution in [0.5, 0.6) is 0 Å². The van der Waals surface area contributed by atoms with Crippen molar-refractivity contribution in [2.45, 2.75) is 32.7 Å². The zero-order valence-corrected chi connectivity index (χ0v) is 8.27. The molecule has 0 bridgehead atoms. The van der Waals surface area contributed by atoms with Crippen LogP contribution in [0.2, 0.25) is 0 Å². The molecule has 0 fully saturated rings. The van der Waals surface area contributed by atoms with Crippen LogP contribution in [0.15, 0.2) is 16.7 Å². The summed E-state index contributed by atoms with van der Waals surface area (Å²) in [4.78, 5) is 0. The van der Waals surface area contributed by atoms with Crippen LogP contribution in [0.25, 0.3) is 0 Å². The first-order chi connectivity index (χ1) is 5.55. The van der Waals surface area contributed by atoms with E-state index in [4.69, 9.17) is 4.42 Å². The standard InChI is InChI=1S/C10H17NO/c1-8-5-6-12-9(8)7-10(2,3)11-4/h5-6,11H,7H2,1-4H3. The zero-order valence-electron chi connectivity index (χ0n) is 8.27. The largest absolute Gasteiger partial charge is 0.469 e. The van der Waals surface area contributed by atoms with Gasteiger partial charge in [-0.3, -0.25) is 0 Å². The Morgan fingerprint density at radius 2 is 2.17 bits per heavy atom. The van der Waals surface area contributed by atoms with Crippen LogP contribution in [0.4, 0.5) is 0 Å². The first-order valence-electron chi connectivity index (χ1n) is 4.27. The highest BCUT2D eigenvalue weighted by molar-refractivity contribution is 5.16. The van der Waals surface area contributed by atoms with Gasteiger partial charge in [-0.15, -0.1) is 0 Å². The van der Waals surface area contributed by atoms with Gasteiger partial charge in [-0.25, -0.2) is 0 Å². The molecule has 68 valence electrons. The van der Waals surface area contributed by atoms with Crippen molar-refractivity contribution < 1.29 is 4.42 Å². The summed E-state index contributed by atoms with van der Waals surface area (Å²) in [6, 6.07) is 2.00. The lowest BCUT2D eigenvalue weighted by atomic mass is 9.98. The first kappa shape index (κ1) is 9.33. The van der Waals surface area contributed by atoms with Crippen molar-refractivity contribution in [3.63, 3.8) is 0 Å². The van der Waals surface area contributed by atoms with Gasteiger partial charge in [0.2, 0.25) is 0 Å². The van der Waals surface area contributed by atoms with Gasteiger partial charge in [0.25, 0.3) is 0 Å². The molecule has 2 heteroatoms. The van der Waals surface area contributed by atoms with Crippen molar-refractivity contribution in [2.24, 2.45) is 0 Å². The predicted molar refractivity (Wildman–Crippen MR) is 50.3 cm³/mol. The molecule has 12 heavy (non-hydrogen) atoms. The molecule has 0 aliphatic rings. The van der Waals surface area contributed by atoms with E-state index in [0.717, 1.165) is 12.2 Å². The fraction of sp³-hybridized carbons (Fsp3) is 0.600. The highest BCUT2D eigenvalue weighted by Gasteiger charge is 2.18. The molecule has 0 saturated carbocycles. The Morgan fingerprint density at radius 1 is 1.50 bits per heavy atom. The molecule has 1 aromatic heterocycles. The number of hydrogen-bond donors (Lipinski definition) is 1. The van der Waals surface area contributed by atoms with Gasteiger partial charge in [0.05, 0.1) is 6.26 Å². The van der Waals surface area contributed by atoms with E-state index in [9.17, 15) is 0 Å². The molecule has 0 amide bonds. The Kier molecular flexibility index (Phi) is 2.58. The van der Waals surface area contributed by atoms with E-state index in [1.807, 2.05) is 13.1 Å². The van der Waals surface area contributed by atoms with Crippen molar-refractivity contribution in [3.8, 4) is 0 Å². The van der Waals surface area contributed by atoms with Crippen molar-refractivity contribution in [2.75, 3.05) is 7.05 Å². The fourth-order valence-corrected chi connectivity index (χ4v) is 1.07. The minimum Gasteiger partial charge on any atom is -0.469 e. The molecule has 1 aromatic rings. The Hall–Kier alpha value is -0.760. The SMILES string of the molecule is CNC(C)(C)Cc1occc1C. The van der Waals surface area contributed by atoms with Crippen LogP contribution in [0.1, 0.15) is 25.2 Å². The van der Waals surface area contributed by atoms with E-state index in [1.165, 1.54) is 5.56 Å². The van der Waals surface area contributed by atoms with Crippen molar-refractivity contribution >= 4 is 0 Å². The van der Waals surface area contributed by atoms with Crippen LogP contribution in [0, 0.1) is 6.92 Å². The molecule has 1 N–H and O–H groups in total. The summed E-state index contributed by atoms with van der Waals surface area (Å²) in [5, 5.41) is 3.25. The fourth-order valence-electron chi connectivity index (χ4n) is 1.07. The second-order valence-electron chi connectivity index (χ2n) is 3.84. The molecule has 0 aromatic carbocycles. The van der Waals surface area contributed by atoms with E-state index in [1.54, 1.807) is 6.26 Å². The molecule has 0 radical (unpaired) electrons. The molecule has 0 aliphatic heterocycles. The second-order valence-corrected chi connectivity index (χ2v) is 3.84. The van der Waals surface area contributed by atoms with Crippen molar-refractivity contribution in [3.05, 3.63) is 23.7 Å². The molecule has 0 aliphatic carbocycles. The van der Waals surface area contributed by atoms with E-state index in [0.29, 0.717) is 0 Å². The highest BCUT2D eigenvalue weighted by Crippen LogP contribution is 2.16. The molecule has 2 nitrogen and oxygen atoms in total. The molecule has 0 saturated heterocycles. The number of likely N-dealkylation sites (N-methyl/N-ethyl adjacent to an activating group) is 1. The van der Waals surface area contributed by atoms with E-state index < -0.39 is 0 Å². The van der Waals surface area contributed by atoms with Gasteiger partial charge < -0.3 is 9.73 Å². The Labute approximate surface area is 74.0 Å². The summed E-state index contributed by atoms with van der Waals surface area (Å²) in [5.74, 6) is 1.08. The van der Waals surface area contributed by atoms with Crippen LogP contribution in [0.3, 0.4) is 0 Å². The molecule has 0 atom stereocenters. The lowest BCUT2D eigenvalue weighted by Gasteiger charge is -2.22. The maximum Gasteiger partial charge on any atom is 0.108 e. The van der Waals surface area contributed by atoms with E-state index in [-0.39, 0.29) is 5.54 Å². The third-order valence-corrected chi connectivity index (χ3v) is 2.25. The molecule has 1 heterocycles. The predicted octanol–water partition coefficient (Wildman–Crippen LogP) is 2.13. The smallest absolute Gasteiger partial charge is 0.108 e. The van der Waals surface area contributed by atoms with Crippen LogP contribution in [-0.4, -0.2) is 12.6 Å². The van der Waals surface area contributed by atoms with E-state index >= 15 is 0 Å². The van der Waals surface area contributed by atoms with E-state index in [2.05, 4.69) is 26.1 Å². The Balaban J connectivity index is 2.70. The van der Waals surface area contributed by atoms with Crippen LogP contribution in [-0.2, 0) is 6.42 Å². The number of hydrogen-bond acceptors (Lipinski definition) is 2. The van der Waals surface area contributed by atoms with Gasteiger partial charge in [0.15, 0.2) is 0 Å². The molecule has 1 rings (SSSR count). The van der Waals surface area contributed by atoms with Crippen LogP contribution < -0.4 is 5.32 Å². The minimum absolute atomic E-state index is 0.114. The number of aryl methyl sites for hydroxylation is 1. The quantitative estimate of drug-likeness (QED) is 0.746. The van der Waals surface area contributed by atoms with Crippen molar-refractivity contribution in [1.29, 1.82) is 0 Å². The van der Waals surface area contributed by atoms with Gasteiger partial charge in [-0.05, 0) is 39.4 Å². The zero-order chi connectivity index (χ0) is 9.19. The summed E-state index contributed by atoms with van der Waals surface area (Å²) in [6.07, 6.45) is 2.68. The minimum atomic E-state index is 0.114. The number of rotatable bonds is 3. The van der Waals surface area contributed by atoms with Gasteiger partial charge in [-0.2, -0.15) is 0 Å². The average Bonchev–Trinajstić information content (AvgIpc) is 2.36. The summed E-state index contributed by atoms with van der Waals surface area (Å²) in [7, 11) is 1.97. The summed E-state index contributed by atoms with van der Waals surface area (Å²) in [5.41, 5.74) is 1.35. The Bertz CT molecular complexity index is 250. The third-order valence-electron chi connectivity index (χ3n) is 2.25. The molecule has 0 spiro atoms. The lowest BCUT2D eigenvalue weighted by Crippen LogP contribution is -2.38. The van der Waals surface area contributed by atoms with Gasteiger partial charge in [0.1, 0.15) is 5.76 Å². The summed E-state index contributed by atoms with van der Waals surface area (Å²) in [6.45, 7) is 6.40. The monoisotopic (exact) mass is 167 g/mol. The van der Waals surface area contributed by atoms with Crippen molar-refractivity contribution in [1.82, 2.24) is 5.32 Å². The lowest BCUT2D eigenvalue weighted by molar-refractivity contribution is 0.375. The maximum absolute atomic E-state index is 5.36. The van der Waals surface area contributed by atoms with Gasteiger partial charge in [-0.1, -0.05) is 0 Å². The summed E-state index contributed by atoms with van der Waals surface area (Å²) < 4.78 is 5.36.